The number of piperazine rings is 1. The van der Waals surface area contributed by atoms with E-state index in [1.165, 1.54) is 28.1 Å². The Kier molecular flexibility index (Phi) is 6.47. The Hall–Kier alpha value is -2.45. The van der Waals surface area contributed by atoms with Gasteiger partial charge in [0, 0.05) is 38.1 Å². The Morgan fingerprint density at radius 3 is 2.37 bits per heavy atom. The number of carbonyl (C=O) groups excluding carboxylic acids is 1. The number of hydrogen-bond donors (Lipinski definition) is 1. The van der Waals surface area contributed by atoms with Gasteiger partial charge in [-0.3, -0.25) is 0 Å². The predicted molar refractivity (Wildman–Crippen MR) is 114 cm³/mol. The number of carbonyl (C=O) groups is 1. The van der Waals surface area contributed by atoms with E-state index < -0.39 is 15.8 Å². The normalized spacial score (nSPS) is 15.8. The minimum Gasteiger partial charge on any atom is -0.337 e. The van der Waals surface area contributed by atoms with Gasteiger partial charge in [0.15, 0.2) is 0 Å². The molecule has 0 bridgehead atoms. The lowest BCUT2D eigenvalue weighted by Crippen LogP contribution is -2.54. The lowest BCUT2D eigenvalue weighted by Gasteiger charge is -2.35. The average molecular weight is 434 g/mol. The van der Waals surface area contributed by atoms with Gasteiger partial charge in [-0.05, 0) is 24.6 Å². The molecule has 162 valence electrons. The van der Waals surface area contributed by atoms with Gasteiger partial charge in [0.2, 0.25) is 10.0 Å². The lowest BCUT2D eigenvalue weighted by atomic mass is 9.84. The van der Waals surface area contributed by atoms with Crippen LogP contribution in [0.15, 0.2) is 53.4 Å². The summed E-state index contributed by atoms with van der Waals surface area (Å²) in [6.45, 7) is 7.41. The first-order chi connectivity index (χ1) is 14.1. The number of nitrogens with zero attached hydrogens (tertiary/aromatic N) is 2. The van der Waals surface area contributed by atoms with Crippen LogP contribution in [-0.2, 0) is 15.4 Å². The first-order valence-corrected chi connectivity index (χ1v) is 11.4. The number of benzene rings is 2. The smallest absolute Gasteiger partial charge is 0.317 e. The summed E-state index contributed by atoms with van der Waals surface area (Å²) < 4.78 is 40.6. The zero-order chi connectivity index (χ0) is 21.9. The van der Waals surface area contributed by atoms with Crippen LogP contribution in [0.5, 0.6) is 0 Å². The summed E-state index contributed by atoms with van der Waals surface area (Å²) in [6.07, 6.45) is 0. The predicted octanol–water partition coefficient (Wildman–Crippen LogP) is 3.13. The molecule has 0 saturated carbocycles. The summed E-state index contributed by atoms with van der Waals surface area (Å²) in [7, 11) is -3.92. The summed E-state index contributed by atoms with van der Waals surface area (Å²) in [5.74, 6) is -0.768. The highest BCUT2D eigenvalue weighted by atomic mass is 32.2. The van der Waals surface area contributed by atoms with Crippen molar-refractivity contribution in [3.05, 3.63) is 65.5 Å². The lowest BCUT2D eigenvalue weighted by molar-refractivity contribution is 0.170. The summed E-state index contributed by atoms with van der Waals surface area (Å²) in [4.78, 5) is 13.9. The largest absolute Gasteiger partial charge is 0.337 e. The Balaban J connectivity index is 1.57. The highest BCUT2D eigenvalue weighted by Gasteiger charge is 2.32. The molecule has 0 spiro atoms. The number of amides is 2. The van der Waals surface area contributed by atoms with Crippen molar-refractivity contribution in [1.82, 2.24) is 14.5 Å². The molecule has 3 rings (SSSR count). The molecule has 2 aromatic carbocycles. The molecule has 2 amide bonds. The molecule has 0 aromatic heterocycles. The van der Waals surface area contributed by atoms with Gasteiger partial charge >= 0.3 is 6.03 Å². The number of urea groups is 1. The van der Waals surface area contributed by atoms with Crippen molar-refractivity contribution in [3.8, 4) is 0 Å². The monoisotopic (exact) mass is 433 g/mol. The van der Waals surface area contributed by atoms with Crippen molar-refractivity contribution in [2.24, 2.45) is 0 Å². The van der Waals surface area contributed by atoms with Gasteiger partial charge < -0.3 is 10.2 Å². The number of aryl methyl sites for hydroxylation is 1. The van der Waals surface area contributed by atoms with Crippen LogP contribution in [0.4, 0.5) is 9.18 Å². The SMILES string of the molecule is Cc1cccc(C(C)(C)CNC(=O)N2CCN(S(=O)(=O)c3ccccc3F)CC2)c1. The van der Waals surface area contributed by atoms with E-state index in [4.69, 9.17) is 0 Å². The molecule has 0 atom stereocenters. The van der Waals surface area contributed by atoms with Crippen LogP contribution < -0.4 is 5.32 Å². The minimum atomic E-state index is -3.92. The van der Waals surface area contributed by atoms with E-state index >= 15 is 0 Å². The Morgan fingerprint density at radius 2 is 1.73 bits per heavy atom. The van der Waals surface area contributed by atoms with Crippen LogP contribution in [0.3, 0.4) is 0 Å². The Morgan fingerprint density at radius 1 is 1.07 bits per heavy atom. The molecule has 1 heterocycles. The number of hydrogen-bond acceptors (Lipinski definition) is 3. The van der Waals surface area contributed by atoms with Gasteiger partial charge in [-0.15, -0.1) is 0 Å². The van der Waals surface area contributed by atoms with E-state index in [1.807, 2.05) is 25.1 Å². The molecular formula is C22H28FN3O3S. The standard InChI is InChI=1S/C22H28FN3O3S/c1-17-7-6-8-18(15-17)22(2,3)16-24-21(27)25-11-13-26(14-12-25)30(28,29)20-10-5-4-9-19(20)23/h4-10,15H,11-14,16H2,1-3H3,(H,24,27). The Labute approximate surface area is 177 Å². The van der Waals surface area contributed by atoms with Gasteiger partial charge in [0.25, 0.3) is 0 Å². The topological polar surface area (TPSA) is 69.7 Å². The van der Waals surface area contributed by atoms with Crippen LogP contribution in [0.2, 0.25) is 0 Å². The van der Waals surface area contributed by atoms with Crippen molar-refractivity contribution in [2.45, 2.75) is 31.1 Å². The molecule has 6 nitrogen and oxygen atoms in total. The van der Waals surface area contributed by atoms with E-state index in [1.54, 1.807) is 4.90 Å². The Bertz CT molecular complexity index is 1020. The number of sulfonamides is 1. The van der Waals surface area contributed by atoms with Gasteiger partial charge in [-0.25, -0.2) is 17.6 Å². The first-order valence-electron chi connectivity index (χ1n) is 9.96. The molecular weight excluding hydrogens is 405 g/mol. The second-order valence-corrected chi connectivity index (χ2v) is 10.1. The van der Waals surface area contributed by atoms with Crippen LogP contribution in [0.1, 0.15) is 25.0 Å². The minimum absolute atomic E-state index is 0.130. The fourth-order valence-electron chi connectivity index (χ4n) is 3.50. The third-order valence-corrected chi connectivity index (χ3v) is 7.39. The first kappa shape index (κ1) is 22.2. The molecule has 1 fully saturated rings. The summed E-state index contributed by atoms with van der Waals surface area (Å²) >= 11 is 0. The van der Waals surface area contributed by atoms with Crippen LogP contribution in [0, 0.1) is 12.7 Å². The van der Waals surface area contributed by atoms with Gasteiger partial charge in [0.1, 0.15) is 10.7 Å². The molecule has 1 saturated heterocycles. The van der Waals surface area contributed by atoms with Crippen LogP contribution in [0.25, 0.3) is 0 Å². The van der Waals surface area contributed by atoms with E-state index in [9.17, 15) is 17.6 Å². The van der Waals surface area contributed by atoms with Crippen molar-refractivity contribution in [1.29, 1.82) is 0 Å². The number of halogens is 1. The summed E-state index contributed by atoms with van der Waals surface area (Å²) in [5.41, 5.74) is 2.07. The van der Waals surface area contributed by atoms with Crippen molar-refractivity contribution >= 4 is 16.1 Å². The molecule has 8 heteroatoms. The molecule has 1 aliphatic heterocycles. The second kappa shape index (κ2) is 8.73. The third-order valence-electron chi connectivity index (χ3n) is 5.46. The van der Waals surface area contributed by atoms with E-state index in [2.05, 4.69) is 25.2 Å². The van der Waals surface area contributed by atoms with Crippen LogP contribution >= 0.6 is 0 Å². The second-order valence-electron chi connectivity index (χ2n) is 8.23. The number of nitrogens with one attached hydrogen (secondary N) is 1. The fourth-order valence-corrected chi connectivity index (χ4v) is 4.99. The molecule has 0 radical (unpaired) electrons. The summed E-state index contributed by atoms with van der Waals surface area (Å²) in [6, 6.07) is 13.3. The molecule has 0 unspecified atom stereocenters. The summed E-state index contributed by atoms with van der Waals surface area (Å²) in [5, 5.41) is 2.96. The van der Waals surface area contributed by atoms with Crippen molar-refractivity contribution in [3.63, 3.8) is 0 Å². The van der Waals surface area contributed by atoms with Gasteiger partial charge in [0.05, 0.1) is 0 Å². The average Bonchev–Trinajstić information content (AvgIpc) is 2.72. The molecule has 30 heavy (non-hydrogen) atoms. The maximum Gasteiger partial charge on any atom is 0.317 e. The highest BCUT2D eigenvalue weighted by molar-refractivity contribution is 7.89. The van der Waals surface area contributed by atoms with Crippen molar-refractivity contribution in [2.75, 3.05) is 32.7 Å². The zero-order valence-electron chi connectivity index (χ0n) is 17.6. The third kappa shape index (κ3) is 4.82. The fraction of sp³-hybridized carbons (Fsp3) is 0.409. The molecule has 0 aliphatic carbocycles. The van der Waals surface area contributed by atoms with E-state index in [-0.39, 0.29) is 42.5 Å². The number of rotatable bonds is 5. The maximum atomic E-state index is 13.9. The zero-order valence-corrected chi connectivity index (χ0v) is 18.4. The highest BCUT2D eigenvalue weighted by Crippen LogP contribution is 2.24. The molecule has 2 aromatic rings. The van der Waals surface area contributed by atoms with Crippen LogP contribution in [-0.4, -0.2) is 56.4 Å². The maximum absolute atomic E-state index is 13.9. The van der Waals surface area contributed by atoms with Gasteiger partial charge in [-0.1, -0.05) is 55.8 Å². The van der Waals surface area contributed by atoms with E-state index in [0.717, 1.165) is 11.6 Å². The molecule has 1 N–H and O–H groups in total. The van der Waals surface area contributed by atoms with E-state index in [0.29, 0.717) is 6.54 Å². The molecule has 1 aliphatic rings. The quantitative estimate of drug-likeness (QED) is 0.788. The van der Waals surface area contributed by atoms with Gasteiger partial charge in [-0.2, -0.15) is 4.31 Å². The van der Waals surface area contributed by atoms with Crippen molar-refractivity contribution < 1.29 is 17.6 Å².